The maximum Gasteiger partial charge on any atom is 0.303 e. The number of carbonyl (C=O) groups excluding carboxylic acids is 2. The summed E-state index contributed by atoms with van der Waals surface area (Å²) in [7, 11) is 0. The number of carbonyl (C=O) groups is 3. The summed E-state index contributed by atoms with van der Waals surface area (Å²) in [6, 6.07) is 0. The van der Waals surface area contributed by atoms with Gasteiger partial charge in [-0.25, -0.2) is 0 Å². The van der Waals surface area contributed by atoms with Gasteiger partial charge in [-0.3, -0.25) is 14.4 Å². The summed E-state index contributed by atoms with van der Waals surface area (Å²) in [5.41, 5.74) is 0. The van der Waals surface area contributed by atoms with E-state index >= 15 is 0 Å². The summed E-state index contributed by atoms with van der Waals surface area (Å²) in [6.07, 6.45) is 8.52. The van der Waals surface area contributed by atoms with Crippen LogP contribution >= 0.6 is 0 Å². The molecule has 0 spiro atoms. The molecule has 1 aliphatic heterocycles. The van der Waals surface area contributed by atoms with E-state index in [2.05, 4.69) is 0 Å². The summed E-state index contributed by atoms with van der Waals surface area (Å²) in [4.78, 5) is 38.5. The number of rotatable bonds is 8. The molecule has 2 fully saturated rings. The highest BCUT2D eigenvalue weighted by atomic mass is 16.4. The fourth-order valence-electron chi connectivity index (χ4n) is 3.70. The van der Waals surface area contributed by atoms with Gasteiger partial charge in [0.15, 0.2) is 0 Å². The van der Waals surface area contributed by atoms with Crippen LogP contribution in [0.2, 0.25) is 0 Å². The minimum absolute atomic E-state index is 0.0819. The molecule has 1 heterocycles. The van der Waals surface area contributed by atoms with Gasteiger partial charge in [0.2, 0.25) is 11.8 Å². The van der Waals surface area contributed by atoms with Crippen molar-refractivity contribution in [2.24, 2.45) is 5.92 Å². The Morgan fingerprint density at radius 1 is 0.792 bits per heavy atom. The molecule has 6 heteroatoms. The number of unbranched alkanes of at least 4 members (excludes halogenated alkanes) is 1. The van der Waals surface area contributed by atoms with Crippen molar-refractivity contribution in [3.05, 3.63) is 0 Å². The monoisotopic (exact) mass is 338 g/mol. The van der Waals surface area contributed by atoms with Crippen molar-refractivity contribution in [1.82, 2.24) is 9.80 Å². The number of carboxylic acids is 1. The summed E-state index contributed by atoms with van der Waals surface area (Å²) < 4.78 is 0. The zero-order valence-electron chi connectivity index (χ0n) is 14.5. The zero-order chi connectivity index (χ0) is 17.4. The third kappa shape index (κ3) is 6.13. The van der Waals surface area contributed by atoms with E-state index in [1.54, 1.807) is 0 Å². The second-order valence-corrected chi connectivity index (χ2v) is 7.05. The standard InChI is InChI=1S/C18H30N2O4/c21-16(7-3-4-8-18(23)24)19-11-13-20(14-12-19)17(22)10-9-15-5-1-2-6-15/h15H,1-14H2,(H,23,24). The number of aliphatic carboxylic acids is 1. The Hall–Kier alpha value is -1.59. The number of hydrogen-bond acceptors (Lipinski definition) is 3. The van der Waals surface area contributed by atoms with Crippen LogP contribution in [0.15, 0.2) is 0 Å². The van der Waals surface area contributed by atoms with Gasteiger partial charge in [-0.15, -0.1) is 0 Å². The summed E-state index contributed by atoms with van der Waals surface area (Å²) in [5.74, 6) is 0.240. The Balaban J connectivity index is 1.60. The maximum atomic E-state index is 12.3. The maximum absolute atomic E-state index is 12.3. The Labute approximate surface area is 144 Å². The molecular formula is C18H30N2O4. The molecule has 1 N–H and O–H groups in total. The van der Waals surface area contributed by atoms with Crippen molar-refractivity contribution < 1.29 is 19.5 Å². The molecule has 1 saturated heterocycles. The summed E-state index contributed by atoms with van der Waals surface area (Å²) in [5, 5.41) is 8.59. The molecule has 1 aliphatic carbocycles. The van der Waals surface area contributed by atoms with Crippen LogP contribution in [-0.4, -0.2) is 58.9 Å². The molecule has 136 valence electrons. The van der Waals surface area contributed by atoms with Crippen LogP contribution in [0.5, 0.6) is 0 Å². The molecule has 24 heavy (non-hydrogen) atoms. The second-order valence-electron chi connectivity index (χ2n) is 7.05. The van der Waals surface area contributed by atoms with Crippen LogP contribution in [0.3, 0.4) is 0 Å². The van der Waals surface area contributed by atoms with E-state index in [0.717, 1.165) is 12.3 Å². The Morgan fingerprint density at radius 3 is 1.83 bits per heavy atom. The molecule has 1 saturated carbocycles. The molecule has 2 aliphatic rings. The first kappa shape index (κ1) is 18.7. The van der Waals surface area contributed by atoms with Crippen molar-refractivity contribution in [1.29, 1.82) is 0 Å². The minimum Gasteiger partial charge on any atom is -0.481 e. The van der Waals surface area contributed by atoms with Gasteiger partial charge in [-0.1, -0.05) is 25.7 Å². The molecule has 0 bridgehead atoms. The van der Waals surface area contributed by atoms with Crippen LogP contribution in [0.1, 0.15) is 64.2 Å². The van der Waals surface area contributed by atoms with Crippen LogP contribution in [0.4, 0.5) is 0 Å². The molecule has 0 atom stereocenters. The number of carboxylic acid groups (broad SMARTS) is 1. The highest BCUT2D eigenvalue weighted by Gasteiger charge is 2.24. The van der Waals surface area contributed by atoms with E-state index in [-0.39, 0.29) is 18.2 Å². The van der Waals surface area contributed by atoms with Crippen LogP contribution in [-0.2, 0) is 14.4 Å². The lowest BCUT2D eigenvalue weighted by atomic mass is 10.0. The summed E-state index contributed by atoms with van der Waals surface area (Å²) in [6.45, 7) is 2.47. The molecule has 0 radical (unpaired) electrons. The quantitative estimate of drug-likeness (QED) is 0.689. The number of nitrogens with zero attached hydrogens (tertiary/aromatic N) is 2. The van der Waals surface area contributed by atoms with Crippen molar-refractivity contribution >= 4 is 17.8 Å². The van der Waals surface area contributed by atoms with Crippen molar-refractivity contribution in [3.8, 4) is 0 Å². The third-order valence-corrected chi connectivity index (χ3v) is 5.26. The predicted octanol–water partition coefficient (Wildman–Crippen LogP) is 2.27. The first-order valence-electron chi connectivity index (χ1n) is 9.33. The molecule has 6 nitrogen and oxygen atoms in total. The molecule has 2 rings (SSSR count). The zero-order valence-corrected chi connectivity index (χ0v) is 14.5. The summed E-state index contributed by atoms with van der Waals surface area (Å²) >= 11 is 0. The van der Waals surface area contributed by atoms with Gasteiger partial charge in [0.25, 0.3) is 0 Å². The Bertz CT molecular complexity index is 438. The van der Waals surface area contributed by atoms with Crippen molar-refractivity contribution in [2.75, 3.05) is 26.2 Å². The minimum atomic E-state index is -0.813. The first-order chi connectivity index (χ1) is 11.6. The number of amides is 2. The van der Waals surface area contributed by atoms with Gasteiger partial charge >= 0.3 is 5.97 Å². The molecular weight excluding hydrogens is 308 g/mol. The normalized spacial score (nSPS) is 18.8. The van der Waals surface area contributed by atoms with Crippen molar-refractivity contribution in [3.63, 3.8) is 0 Å². The van der Waals surface area contributed by atoms with Gasteiger partial charge in [-0.05, 0) is 25.2 Å². The lowest BCUT2D eigenvalue weighted by Crippen LogP contribution is -2.50. The lowest BCUT2D eigenvalue weighted by molar-refractivity contribution is -0.140. The van der Waals surface area contributed by atoms with E-state index in [1.807, 2.05) is 9.80 Å². The Kier molecular flexibility index (Phi) is 7.53. The molecule has 2 amide bonds. The van der Waals surface area contributed by atoms with Crippen LogP contribution < -0.4 is 0 Å². The third-order valence-electron chi connectivity index (χ3n) is 5.26. The van der Waals surface area contributed by atoms with Gasteiger partial charge in [0.05, 0.1) is 0 Å². The fraction of sp³-hybridized carbons (Fsp3) is 0.833. The van der Waals surface area contributed by atoms with Gasteiger partial charge in [0, 0.05) is 45.4 Å². The predicted molar refractivity (Wildman–Crippen MR) is 90.5 cm³/mol. The molecule has 0 aromatic carbocycles. The Morgan fingerprint density at radius 2 is 1.29 bits per heavy atom. The van der Waals surface area contributed by atoms with Gasteiger partial charge in [0.1, 0.15) is 0 Å². The average molecular weight is 338 g/mol. The molecule has 0 aromatic heterocycles. The first-order valence-corrected chi connectivity index (χ1v) is 9.33. The van der Waals surface area contributed by atoms with E-state index in [1.165, 1.54) is 25.7 Å². The van der Waals surface area contributed by atoms with Gasteiger partial charge in [-0.2, -0.15) is 0 Å². The van der Waals surface area contributed by atoms with Crippen molar-refractivity contribution in [2.45, 2.75) is 64.2 Å². The van der Waals surface area contributed by atoms with E-state index in [4.69, 9.17) is 5.11 Å². The van der Waals surface area contributed by atoms with Gasteiger partial charge < -0.3 is 14.9 Å². The highest BCUT2D eigenvalue weighted by molar-refractivity contribution is 5.78. The smallest absolute Gasteiger partial charge is 0.303 e. The molecule has 0 aromatic rings. The van der Waals surface area contributed by atoms with E-state index in [0.29, 0.717) is 51.9 Å². The topological polar surface area (TPSA) is 77.9 Å². The highest BCUT2D eigenvalue weighted by Crippen LogP contribution is 2.28. The molecule has 0 unspecified atom stereocenters. The lowest BCUT2D eigenvalue weighted by Gasteiger charge is -2.35. The SMILES string of the molecule is O=C(O)CCCCC(=O)N1CCN(C(=O)CCC2CCCC2)CC1. The number of hydrogen-bond donors (Lipinski definition) is 1. The van der Waals surface area contributed by atoms with Crippen LogP contribution in [0, 0.1) is 5.92 Å². The second kappa shape index (κ2) is 9.64. The van der Waals surface area contributed by atoms with E-state index < -0.39 is 5.97 Å². The van der Waals surface area contributed by atoms with E-state index in [9.17, 15) is 14.4 Å². The number of piperazine rings is 1. The largest absolute Gasteiger partial charge is 0.481 e. The van der Waals surface area contributed by atoms with Crippen LogP contribution in [0.25, 0.3) is 0 Å². The fourth-order valence-corrected chi connectivity index (χ4v) is 3.70. The average Bonchev–Trinajstić information content (AvgIpc) is 3.10.